The van der Waals surface area contributed by atoms with E-state index in [0.29, 0.717) is 0 Å². The summed E-state index contributed by atoms with van der Waals surface area (Å²) in [6.45, 7) is 8.92. The first kappa shape index (κ1) is 18.8. The van der Waals surface area contributed by atoms with E-state index in [1.54, 1.807) is 0 Å². The van der Waals surface area contributed by atoms with Crippen LogP contribution in [0, 0.1) is 13.8 Å². The van der Waals surface area contributed by atoms with Crippen molar-refractivity contribution in [2.24, 2.45) is 0 Å². The number of rotatable bonds is 4. The lowest BCUT2D eigenvalue weighted by Gasteiger charge is -2.36. The van der Waals surface area contributed by atoms with Gasteiger partial charge in [0.05, 0.1) is 16.7 Å². The predicted octanol–water partition coefficient (Wildman–Crippen LogP) is 3.75. The van der Waals surface area contributed by atoms with Gasteiger partial charge in [0.15, 0.2) is 11.6 Å². The Kier molecular flexibility index (Phi) is 4.93. The van der Waals surface area contributed by atoms with Crippen molar-refractivity contribution in [3.8, 4) is 5.82 Å². The van der Waals surface area contributed by atoms with Crippen LogP contribution < -0.4 is 4.90 Å². The first-order valence-electron chi connectivity index (χ1n) is 10.5. The summed E-state index contributed by atoms with van der Waals surface area (Å²) in [5.41, 5.74) is 5.23. The normalized spacial score (nSPS) is 15.1. The standard InChI is InChI=1S/C24H26N6/c1-18-16-19(2)30(27-18)24-23(25-21-10-6-7-11-22(21)26-24)29-14-12-28(13-15-29)17-20-8-4-3-5-9-20/h3-11,16H,12-15,17H2,1-2H3. The zero-order chi connectivity index (χ0) is 20.5. The third-order valence-corrected chi connectivity index (χ3v) is 5.67. The zero-order valence-corrected chi connectivity index (χ0v) is 17.5. The van der Waals surface area contributed by atoms with Gasteiger partial charge in [0.1, 0.15) is 0 Å². The summed E-state index contributed by atoms with van der Waals surface area (Å²) in [4.78, 5) is 14.8. The van der Waals surface area contributed by atoms with Gasteiger partial charge in [-0.3, -0.25) is 4.90 Å². The molecule has 30 heavy (non-hydrogen) atoms. The molecule has 1 aliphatic heterocycles. The van der Waals surface area contributed by atoms with Crippen LogP contribution in [-0.2, 0) is 6.54 Å². The fraction of sp³-hybridized carbons (Fsp3) is 0.292. The van der Waals surface area contributed by atoms with Crippen molar-refractivity contribution < 1.29 is 0 Å². The van der Waals surface area contributed by atoms with Gasteiger partial charge in [0.25, 0.3) is 0 Å². The molecule has 1 saturated heterocycles. The van der Waals surface area contributed by atoms with Crippen LogP contribution in [0.15, 0.2) is 60.7 Å². The maximum atomic E-state index is 5.02. The number of anilines is 1. The summed E-state index contributed by atoms with van der Waals surface area (Å²) < 4.78 is 1.93. The molecule has 4 aromatic rings. The van der Waals surface area contributed by atoms with E-state index in [-0.39, 0.29) is 0 Å². The fourth-order valence-corrected chi connectivity index (χ4v) is 4.14. The molecule has 0 spiro atoms. The van der Waals surface area contributed by atoms with Gasteiger partial charge in [-0.15, -0.1) is 0 Å². The molecule has 0 amide bonds. The van der Waals surface area contributed by atoms with E-state index in [2.05, 4.69) is 53.1 Å². The van der Waals surface area contributed by atoms with Crippen molar-refractivity contribution in [3.05, 3.63) is 77.6 Å². The van der Waals surface area contributed by atoms with Crippen molar-refractivity contribution in [1.82, 2.24) is 24.6 Å². The number of para-hydroxylation sites is 2. The van der Waals surface area contributed by atoms with Gasteiger partial charge < -0.3 is 4.90 Å². The summed E-state index contributed by atoms with van der Waals surface area (Å²) in [7, 11) is 0. The molecule has 0 unspecified atom stereocenters. The third kappa shape index (κ3) is 3.66. The number of aryl methyl sites for hydroxylation is 2. The van der Waals surface area contributed by atoms with E-state index in [9.17, 15) is 0 Å². The largest absolute Gasteiger partial charge is 0.351 e. The monoisotopic (exact) mass is 398 g/mol. The molecule has 0 aliphatic carbocycles. The summed E-state index contributed by atoms with van der Waals surface area (Å²) in [6.07, 6.45) is 0. The van der Waals surface area contributed by atoms with Gasteiger partial charge in [0.2, 0.25) is 0 Å². The van der Waals surface area contributed by atoms with E-state index in [1.165, 1.54) is 5.56 Å². The smallest absolute Gasteiger partial charge is 0.197 e. The number of fused-ring (bicyclic) bond motifs is 1. The van der Waals surface area contributed by atoms with E-state index in [4.69, 9.17) is 15.1 Å². The fourth-order valence-electron chi connectivity index (χ4n) is 4.14. The van der Waals surface area contributed by atoms with Crippen LogP contribution in [0.3, 0.4) is 0 Å². The van der Waals surface area contributed by atoms with Crippen LogP contribution in [0.1, 0.15) is 17.0 Å². The lowest BCUT2D eigenvalue weighted by Crippen LogP contribution is -2.46. The Balaban J connectivity index is 1.45. The van der Waals surface area contributed by atoms with Crippen molar-refractivity contribution >= 4 is 16.9 Å². The average Bonchev–Trinajstić information content (AvgIpc) is 3.12. The lowest BCUT2D eigenvalue weighted by molar-refractivity contribution is 0.249. The first-order chi connectivity index (χ1) is 14.7. The van der Waals surface area contributed by atoms with Crippen LogP contribution in [0.2, 0.25) is 0 Å². The summed E-state index contributed by atoms with van der Waals surface area (Å²) >= 11 is 0. The molecule has 0 atom stereocenters. The van der Waals surface area contributed by atoms with Crippen molar-refractivity contribution in [3.63, 3.8) is 0 Å². The van der Waals surface area contributed by atoms with E-state index in [0.717, 1.165) is 66.8 Å². The Morgan fingerprint density at radius 3 is 2.03 bits per heavy atom. The van der Waals surface area contributed by atoms with Crippen molar-refractivity contribution in [1.29, 1.82) is 0 Å². The number of nitrogens with zero attached hydrogens (tertiary/aromatic N) is 6. The van der Waals surface area contributed by atoms with Gasteiger partial charge in [0, 0.05) is 38.4 Å². The molecule has 0 saturated carbocycles. The maximum absolute atomic E-state index is 5.02. The van der Waals surface area contributed by atoms with E-state index < -0.39 is 0 Å². The minimum absolute atomic E-state index is 0.816. The van der Waals surface area contributed by atoms with Gasteiger partial charge in [-0.1, -0.05) is 42.5 Å². The highest BCUT2D eigenvalue weighted by Gasteiger charge is 2.23. The van der Waals surface area contributed by atoms with Gasteiger partial charge in [-0.2, -0.15) is 5.10 Å². The Hall–Kier alpha value is -3.25. The predicted molar refractivity (Wildman–Crippen MR) is 120 cm³/mol. The Labute approximate surface area is 176 Å². The van der Waals surface area contributed by atoms with Crippen LogP contribution in [0.4, 0.5) is 5.82 Å². The highest BCUT2D eigenvalue weighted by atomic mass is 15.4. The maximum Gasteiger partial charge on any atom is 0.197 e. The summed E-state index contributed by atoms with van der Waals surface area (Å²) in [6, 6.07) is 20.8. The molecule has 152 valence electrons. The topological polar surface area (TPSA) is 50.1 Å². The van der Waals surface area contributed by atoms with Crippen LogP contribution in [-0.4, -0.2) is 50.8 Å². The highest BCUT2D eigenvalue weighted by Crippen LogP contribution is 2.26. The second-order valence-corrected chi connectivity index (χ2v) is 7.95. The van der Waals surface area contributed by atoms with Crippen molar-refractivity contribution in [2.75, 3.05) is 31.1 Å². The highest BCUT2D eigenvalue weighted by molar-refractivity contribution is 5.78. The molecule has 3 heterocycles. The quantitative estimate of drug-likeness (QED) is 0.524. The number of hydrogen-bond acceptors (Lipinski definition) is 5. The molecule has 2 aromatic carbocycles. The molecule has 2 aromatic heterocycles. The minimum atomic E-state index is 0.816. The molecule has 0 N–H and O–H groups in total. The second-order valence-electron chi connectivity index (χ2n) is 7.95. The SMILES string of the molecule is Cc1cc(C)n(-c2nc3ccccc3nc2N2CCN(Cc3ccccc3)CC2)n1. The zero-order valence-electron chi connectivity index (χ0n) is 17.5. The molecular weight excluding hydrogens is 372 g/mol. The molecular formula is C24H26N6. The Morgan fingerprint density at radius 2 is 1.40 bits per heavy atom. The molecule has 0 radical (unpaired) electrons. The number of benzene rings is 2. The van der Waals surface area contributed by atoms with Gasteiger partial charge in [-0.25, -0.2) is 14.6 Å². The summed E-state index contributed by atoms with van der Waals surface area (Å²) in [5, 5.41) is 4.69. The number of hydrogen-bond donors (Lipinski definition) is 0. The van der Waals surface area contributed by atoms with Crippen LogP contribution in [0.25, 0.3) is 16.9 Å². The van der Waals surface area contributed by atoms with E-state index >= 15 is 0 Å². The molecule has 5 rings (SSSR count). The number of piperazine rings is 1. The Morgan fingerprint density at radius 1 is 0.767 bits per heavy atom. The Bertz CT molecular complexity index is 1160. The molecule has 1 fully saturated rings. The molecule has 1 aliphatic rings. The van der Waals surface area contributed by atoms with Gasteiger partial charge >= 0.3 is 0 Å². The van der Waals surface area contributed by atoms with Crippen molar-refractivity contribution in [2.45, 2.75) is 20.4 Å². The average molecular weight is 399 g/mol. The van der Waals surface area contributed by atoms with Crippen LogP contribution in [0.5, 0.6) is 0 Å². The molecule has 6 heteroatoms. The minimum Gasteiger partial charge on any atom is -0.351 e. The lowest BCUT2D eigenvalue weighted by atomic mass is 10.2. The number of aromatic nitrogens is 4. The van der Waals surface area contributed by atoms with Crippen LogP contribution >= 0.6 is 0 Å². The first-order valence-corrected chi connectivity index (χ1v) is 10.5. The third-order valence-electron chi connectivity index (χ3n) is 5.67. The second kappa shape index (κ2) is 7.88. The molecule has 0 bridgehead atoms. The molecule has 6 nitrogen and oxygen atoms in total. The van der Waals surface area contributed by atoms with E-state index in [1.807, 2.05) is 35.9 Å². The van der Waals surface area contributed by atoms with Gasteiger partial charge in [-0.05, 0) is 37.6 Å². The summed E-state index contributed by atoms with van der Waals surface area (Å²) in [5.74, 6) is 1.73.